The van der Waals surface area contributed by atoms with E-state index in [4.69, 9.17) is 9.47 Å². The molecule has 0 N–H and O–H groups in total. The second-order valence-electron chi connectivity index (χ2n) is 10.8. The summed E-state index contributed by atoms with van der Waals surface area (Å²) in [4.78, 5) is 26.8. The Morgan fingerprint density at radius 2 is 1.81 bits per heavy atom. The van der Waals surface area contributed by atoms with E-state index in [2.05, 4.69) is 49.1 Å². The largest absolute Gasteiger partial charge is 0.465 e. The van der Waals surface area contributed by atoms with Crippen molar-refractivity contribution in [2.45, 2.75) is 65.7 Å². The molecule has 0 fully saturated rings. The number of ether oxygens (including phenoxy) is 2. The van der Waals surface area contributed by atoms with Gasteiger partial charge in [-0.2, -0.15) is 0 Å². The van der Waals surface area contributed by atoms with Crippen molar-refractivity contribution in [3.8, 4) is 11.1 Å². The molecule has 37 heavy (non-hydrogen) atoms. The minimum Gasteiger partial charge on any atom is -0.465 e. The summed E-state index contributed by atoms with van der Waals surface area (Å²) in [5.74, 6) is -0.332. The van der Waals surface area contributed by atoms with Crippen LogP contribution in [0.2, 0.25) is 0 Å². The first-order valence-electron chi connectivity index (χ1n) is 12.9. The third-order valence-corrected chi connectivity index (χ3v) is 6.80. The van der Waals surface area contributed by atoms with Crippen molar-refractivity contribution < 1.29 is 19.1 Å². The molecular formula is C32H37NO4. The van der Waals surface area contributed by atoms with E-state index in [0.717, 1.165) is 53.5 Å². The van der Waals surface area contributed by atoms with Crippen LogP contribution < -0.4 is 4.90 Å². The number of anilines is 1. The monoisotopic (exact) mass is 499 g/mol. The summed E-state index contributed by atoms with van der Waals surface area (Å²) in [5.41, 5.74) is 8.92. The molecule has 0 bridgehead atoms. The fourth-order valence-electron chi connectivity index (χ4n) is 5.21. The van der Waals surface area contributed by atoms with Crippen molar-refractivity contribution in [1.29, 1.82) is 0 Å². The second-order valence-corrected chi connectivity index (χ2v) is 10.8. The van der Waals surface area contributed by atoms with E-state index in [1.807, 2.05) is 39.0 Å². The van der Waals surface area contributed by atoms with Gasteiger partial charge < -0.3 is 19.2 Å². The predicted octanol–water partition coefficient (Wildman–Crippen LogP) is 6.76. The lowest BCUT2D eigenvalue weighted by molar-refractivity contribution is -0.128. The van der Waals surface area contributed by atoms with Gasteiger partial charge in [-0.15, -0.1) is 0 Å². The Labute approximate surface area is 220 Å². The van der Waals surface area contributed by atoms with Gasteiger partial charge in [0.2, 0.25) is 0 Å². The molecule has 0 spiro atoms. The minimum absolute atomic E-state index is 0.332. The maximum atomic E-state index is 12.4. The van der Waals surface area contributed by atoms with E-state index in [-0.39, 0.29) is 5.97 Å². The average Bonchev–Trinajstić information content (AvgIpc) is 2.87. The SMILES string of the molecule is COC(=O)c1cccc(CN2CCCc3c2cc(C)c(C(C=O)OC(C)(C)C)c3-c2ccc(C)cc2)c1. The van der Waals surface area contributed by atoms with E-state index in [9.17, 15) is 9.59 Å². The summed E-state index contributed by atoms with van der Waals surface area (Å²) >= 11 is 0. The molecule has 1 aliphatic rings. The first kappa shape index (κ1) is 26.6. The van der Waals surface area contributed by atoms with Gasteiger partial charge in [-0.05, 0) is 99.0 Å². The highest BCUT2D eigenvalue weighted by Crippen LogP contribution is 2.43. The van der Waals surface area contributed by atoms with Crippen molar-refractivity contribution >= 4 is 17.9 Å². The molecule has 0 aromatic heterocycles. The number of esters is 1. The van der Waals surface area contributed by atoms with Crippen LogP contribution in [0, 0.1) is 13.8 Å². The molecule has 0 aliphatic carbocycles. The Balaban J connectivity index is 1.85. The lowest BCUT2D eigenvalue weighted by Crippen LogP contribution is -2.30. The number of hydrogen-bond donors (Lipinski definition) is 0. The summed E-state index contributed by atoms with van der Waals surface area (Å²) in [7, 11) is 1.40. The highest BCUT2D eigenvalue weighted by Gasteiger charge is 2.30. The number of methoxy groups -OCH3 is 1. The van der Waals surface area contributed by atoms with Crippen molar-refractivity contribution in [2.24, 2.45) is 0 Å². The van der Waals surface area contributed by atoms with E-state index in [1.54, 1.807) is 6.07 Å². The molecule has 3 aromatic rings. The summed E-state index contributed by atoms with van der Waals surface area (Å²) in [6.45, 7) is 11.7. The molecule has 5 heteroatoms. The molecule has 4 rings (SSSR count). The molecular weight excluding hydrogens is 462 g/mol. The van der Waals surface area contributed by atoms with Gasteiger partial charge in [-0.3, -0.25) is 0 Å². The van der Waals surface area contributed by atoms with Crippen molar-refractivity contribution in [3.63, 3.8) is 0 Å². The zero-order valence-electron chi connectivity index (χ0n) is 22.8. The third-order valence-electron chi connectivity index (χ3n) is 6.80. The molecule has 0 saturated heterocycles. The maximum absolute atomic E-state index is 12.4. The van der Waals surface area contributed by atoms with Gasteiger partial charge >= 0.3 is 5.97 Å². The van der Waals surface area contributed by atoms with Gasteiger partial charge in [0.05, 0.1) is 18.3 Å². The standard InChI is InChI=1S/C32H37NO4/c1-21-12-14-24(15-13-21)30-26-11-8-16-33(19-23-9-7-10-25(18-23)31(35)36-6)27(26)17-22(2)29(30)28(20-34)37-32(3,4)5/h7,9-10,12-15,17-18,20,28H,8,11,16,19H2,1-6H3. The lowest BCUT2D eigenvalue weighted by Gasteiger charge is -2.36. The normalized spacial score (nSPS) is 14.2. The summed E-state index contributed by atoms with van der Waals surface area (Å²) in [5, 5.41) is 0. The number of carbonyl (C=O) groups excluding carboxylic acids is 2. The van der Waals surface area contributed by atoms with Gasteiger partial charge in [0, 0.05) is 18.8 Å². The topological polar surface area (TPSA) is 55.8 Å². The molecule has 194 valence electrons. The lowest BCUT2D eigenvalue weighted by atomic mass is 9.83. The van der Waals surface area contributed by atoms with Crippen molar-refractivity contribution in [1.82, 2.24) is 0 Å². The van der Waals surface area contributed by atoms with Crippen LogP contribution in [0.25, 0.3) is 11.1 Å². The Morgan fingerprint density at radius 3 is 2.46 bits per heavy atom. The first-order valence-corrected chi connectivity index (χ1v) is 12.9. The number of carbonyl (C=O) groups is 2. The molecule has 0 saturated carbocycles. The van der Waals surface area contributed by atoms with E-state index < -0.39 is 11.7 Å². The van der Waals surface area contributed by atoms with Crippen LogP contribution in [0.1, 0.15) is 71.5 Å². The molecule has 0 amide bonds. The van der Waals surface area contributed by atoms with Crippen LogP contribution >= 0.6 is 0 Å². The molecule has 0 radical (unpaired) electrons. The number of aldehydes is 1. The molecule has 1 atom stereocenters. The Bertz CT molecular complexity index is 1290. The van der Waals surface area contributed by atoms with Crippen LogP contribution in [0.4, 0.5) is 5.69 Å². The molecule has 1 unspecified atom stereocenters. The fourth-order valence-corrected chi connectivity index (χ4v) is 5.21. The van der Waals surface area contributed by atoms with Gasteiger partial charge in [0.15, 0.2) is 6.29 Å². The fraction of sp³-hybridized carbons (Fsp3) is 0.375. The molecule has 1 heterocycles. The molecule has 5 nitrogen and oxygen atoms in total. The van der Waals surface area contributed by atoms with E-state index >= 15 is 0 Å². The van der Waals surface area contributed by atoms with Crippen LogP contribution in [0.5, 0.6) is 0 Å². The maximum Gasteiger partial charge on any atom is 0.337 e. The number of hydrogen-bond acceptors (Lipinski definition) is 5. The smallest absolute Gasteiger partial charge is 0.337 e. The average molecular weight is 500 g/mol. The number of aryl methyl sites for hydroxylation is 2. The van der Waals surface area contributed by atoms with Gasteiger partial charge in [0.25, 0.3) is 0 Å². The number of rotatable bonds is 7. The Hall–Kier alpha value is -3.44. The van der Waals surface area contributed by atoms with Crippen molar-refractivity contribution in [3.05, 3.63) is 88.0 Å². The van der Waals surface area contributed by atoms with E-state index in [0.29, 0.717) is 12.1 Å². The summed E-state index contributed by atoms with van der Waals surface area (Å²) in [6.07, 6.45) is 2.19. The highest BCUT2D eigenvalue weighted by atomic mass is 16.5. The molecule has 3 aromatic carbocycles. The predicted molar refractivity (Wildman–Crippen MR) is 148 cm³/mol. The van der Waals surface area contributed by atoms with Gasteiger partial charge in [-0.25, -0.2) is 4.79 Å². The first-order chi connectivity index (χ1) is 17.6. The minimum atomic E-state index is -0.659. The van der Waals surface area contributed by atoms with Crippen LogP contribution in [-0.4, -0.2) is 31.5 Å². The Morgan fingerprint density at radius 1 is 1.08 bits per heavy atom. The van der Waals surface area contributed by atoms with Crippen LogP contribution in [-0.2, 0) is 27.2 Å². The summed E-state index contributed by atoms with van der Waals surface area (Å²) in [6, 6.07) is 18.4. The third kappa shape index (κ3) is 5.94. The number of fused-ring (bicyclic) bond motifs is 1. The van der Waals surface area contributed by atoms with Gasteiger partial charge in [0.1, 0.15) is 6.10 Å². The second kappa shape index (κ2) is 10.9. The number of benzene rings is 3. The number of nitrogens with zero attached hydrogens (tertiary/aromatic N) is 1. The summed E-state index contributed by atoms with van der Waals surface area (Å²) < 4.78 is 11.2. The van der Waals surface area contributed by atoms with E-state index in [1.165, 1.54) is 23.9 Å². The quantitative estimate of drug-likeness (QED) is 0.265. The van der Waals surface area contributed by atoms with Gasteiger partial charge in [-0.1, -0.05) is 42.0 Å². The van der Waals surface area contributed by atoms with Crippen LogP contribution in [0.3, 0.4) is 0 Å². The molecule has 1 aliphatic heterocycles. The van der Waals surface area contributed by atoms with Crippen molar-refractivity contribution in [2.75, 3.05) is 18.6 Å². The Kier molecular flexibility index (Phi) is 7.84. The highest BCUT2D eigenvalue weighted by molar-refractivity contribution is 5.89. The zero-order valence-corrected chi connectivity index (χ0v) is 22.8. The van der Waals surface area contributed by atoms with Crippen LogP contribution in [0.15, 0.2) is 54.6 Å². The zero-order chi connectivity index (χ0) is 26.7.